The Labute approximate surface area is 96.5 Å². The van der Waals surface area contributed by atoms with Crippen molar-refractivity contribution in [3.05, 3.63) is 23.3 Å². The van der Waals surface area contributed by atoms with E-state index >= 15 is 0 Å². The minimum Gasteiger partial charge on any atom is -0.486 e. The van der Waals surface area contributed by atoms with Crippen molar-refractivity contribution >= 4 is 0 Å². The van der Waals surface area contributed by atoms with E-state index in [-0.39, 0.29) is 24.5 Å². The predicted octanol–water partition coefficient (Wildman–Crippen LogP) is 2.20. The largest absolute Gasteiger partial charge is 0.486 e. The van der Waals surface area contributed by atoms with Gasteiger partial charge in [0.2, 0.25) is 0 Å². The van der Waals surface area contributed by atoms with Gasteiger partial charge in [-0.25, -0.2) is 0 Å². The van der Waals surface area contributed by atoms with Gasteiger partial charge >= 0.3 is 6.18 Å². The molecule has 1 aromatic rings. The number of hydrogen-bond acceptors (Lipinski definition) is 3. The summed E-state index contributed by atoms with van der Waals surface area (Å²) in [5.41, 5.74) is -0.527. The maximum atomic E-state index is 12.8. The first-order valence-electron chi connectivity index (χ1n) is 5.16. The number of alkyl halides is 3. The Hall–Kier alpha value is -1.43. The molecular formula is C11H12F3NO2. The first kappa shape index (κ1) is 12.0. The molecule has 0 aromatic heterocycles. The van der Waals surface area contributed by atoms with E-state index in [1.807, 2.05) is 0 Å². The fourth-order valence-corrected chi connectivity index (χ4v) is 1.73. The number of ether oxygens (including phenoxy) is 2. The van der Waals surface area contributed by atoms with E-state index in [2.05, 4.69) is 5.32 Å². The van der Waals surface area contributed by atoms with Crippen LogP contribution in [-0.4, -0.2) is 20.3 Å². The normalized spacial score (nSPS) is 14.8. The third-order valence-electron chi connectivity index (χ3n) is 2.44. The molecule has 0 unspecified atom stereocenters. The lowest BCUT2D eigenvalue weighted by atomic mass is 10.1. The van der Waals surface area contributed by atoms with Gasteiger partial charge in [0.05, 0.1) is 5.56 Å². The third kappa shape index (κ3) is 2.46. The zero-order valence-electron chi connectivity index (χ0n) is 9.23. The minimum absolute atomic E-state index is 0.130. The van der Waals surface area contributed by atoms with Crippen molar-refractivity contribution in [3.8, 4) is 11.5 Å². The summed E-state index contributed by atoms with van der Waals surface area (Å²) in [6, 6.07) is 2.38. The lowest BCUT2D eigenvalue weighted by Crippen LogP contribution is -2.19. The summed E-state index contributed by atoms with van der Waals surface area (Å²) < 4.78 is 48.9. The molecule has 94 valence electrons. The van der Waals surface area contributed by atoms with E-state index in [0.29, 0.717) is 12.4 Å². The first-order chi connectivity index (χ1) is 8.02. The van der Waals surface area contributed by atoms with Gasteiger partial charge in [0, 0.05) is 6.54 Å². The van der Waals surface area contributed by atoms with Gasteiger partial charge in [-0.3, -0.25) is 0 Å². The fraction of sp³-hybridized carbons (Fsp3) is 0.455. The summed E-state index contributed by atoms with van der Waals surface area (Å²) in [6.45, 7) is 0.762. The molecular weight excluding hydrogens is 235 g/mol. The Balaban J connectivity index is 2.48. The van der Waals surface area contributed by atoms with Crippen molar-refractivity contribution in [3.63, 3.8) is 0 Å². The van der Waals surface area contributed by atoms with Crippen LogP contribution in [0.5, 0.6) is 11.5 Å². The molecule has 1 heterocycles. The molecule has 6 heteroatoms. The van der Waals surface area contributed by atoms with Gasteiger partial charge < -0.3 is 14.8 Å². The average Bonchev–Trinajstić information content (AvgIpc) is 2.27. The van der Waals surface area contributed by atoms with Crippen LogP contribution in [0, 0.1) is 0 Å². The van der Waals surface area contributed by atoms with Crippen molar-refractivity contribution in [2.24, 2.45) is 0 Å². The molecule has 0 fully saturated rings. The molecule has 1 aromatic carbocycles. The highest BCUT2D eigenvalue weighted by Crippen LogP contribution is 2.40. The van der Waals surface area contributed by atoms with Crippen LogP contribution in [0.2, 0.25) is 0 Å². The second-order valence-corrected chi connectivity index (χ2v) is 3.68. The predicted molar refractivity (Wildman–Crippen MR) is 55.2 cm³/mol. The van der Waals surface area contributed by atoms with E-state index in [1.54, 1.807) is 7.05 Å². The highest BCUT2D eigenvalue weighted by Gasteiger charge is 2.35. The van der Waals surface area contributed by atoms with Crippen molar-refractivity contribution in [1.29, 1.82) is 0 Å². The van der Waals surface area contributed by atoms with Gasteiger partial charge in [-0.2, -0.15) is 13.2 Å². The minimum atomic E-state index is -4.39. The molecule has 0 aliphatic carbocycles. The summed E-state index contributed by atoms with van der Waals surface area (Å²) in [6.07, 6.45) is -4.39. The van der Waals surface area contributed by atoms with E-state index < -0.39 is 11.7 Å². The van der Waals surface area contributed by atoms with Gasteiger partial charge in [-0.1, -0.05) is 0 Å². The van der Waals surface area contributed by atoms with Crippen LogP contribution in [0.1, 0.15) is 11.1 Å². The number of benzene rings is 1. The van der Waals surface area contributed by atoms with Crippen LogP contribution in [0.3, 0.4) is 0 Å². The Morgan fingerprint density at radius 3 is 2.29 bits per heavy atom. The standard InChI is InChI=1S/C11H12F3NO2/c1-15-6-7-4-9-10(17-3-2-16-9)5-8(7)11(12,13)14/h4-5,15H,2-3,6H2,1H3. The number of rotatable bonds is 2. The molecule has 1 aliphatic heterocycles. The smallest absolute Gasteiger partial charge is 0.416 e. The van der Waals surface area contributed by atoms with E-state index in [1.165, 1.54) is 6.07 Å². The Bertz CT molecular complexity index is 418. The molecule has 1 aliphatic rings. The molecule has 0 bridgehead atoms. The van der Waals surface area contributed by atoms with Crippen molar-refractivity contribution in [2.75, 3.05) is 20.3 Å². The molecule has 0 amide bonds. The lowest BCUT2D eigenvalue weighted by Gasteiger charge is -2.22. The number of hydrogen-bond donors (Lipinski definition) is 1. The molecule has 0 saturated carbocycles. The lowest BCUT2D eigenvalue weighted by molar-refractivity contribution is -0.138. The Morgan fingerprint density at radius 2 is 1.76 bits per heavy atom. The number of fused-ring (bicyclic) bond motifs is 1. The molecule has 3 nitrogen and oxygen atoms in total. The van der Waals surface area contributed by atoms with Gasteiger partial charge in [0.15, 0.2) is 11.5 Å². The van der Waals surface area contributed by atoms with Crippen molar-refractivity contribution in [1.82, 2.24) is 5.32 Å². The molecule has 2 rings (SSSR count). The van der Waals surface area contributed by atoms with Gasteiger partial charge in [-0.15, -0.1) is 0 Å². The highest BCUT2D eigenvalue weighted by molar-refractivity contribution is 5.49. The SMILES string of the molecule is CNCc1cc2c(cc1C(F)(F)F)OCCO2. The molecule has 1 N–H and O–H groups in total. The number of nitrogens with one attached hydrogen (secondary N) is 1. The second-order valence-electron chi connectivity index (χ2n) is 3.68. The van der Waals surface area contributed by atoms with Crippen LogP contribution in [0.15, 0.2) is 12.1 Å². The maximum absolute atomic E-state index is 12.8. The van der Waals surface area contributed by atoms with Gasteiger partial charge in [-0.05, 0) is 24.7 Å². The molecule has 0 saturated heterocycles. The van der Waals surface area contributed by atoms with E-state index in [9.17, 15) is 13.2 Å². The molecule has 0 radical (unpaired) electrons. The zero-order valence-corrected chi connectivity index (χ0v) is 9.23. The van der Waals surface area contributed by atoms with Crippen LogP contribution >= 0.6 is 0 Å². The van der Waals surface area contributed by atoms with E-state index in [4.69, 9.17) is 9.47 Å². The number of halogens is 3. The molecule has 0 atom stereocenters. The van der Waals surface area contributed by atoms with Crippen LogP contribution in [-0.2, 0) is 12.7 Å². The Morgan fingerprint density at radius 1 is 1.18 bits per heavy atom. The van der Waals surface area contributed by atoms with Crippen LogP contribution in [0.25, 0.3) is 0 Å². The summed E-state index contributed by atoms with van der Waals surface area (Å²) in [7, 11) is 1.59. The fourth-order valence-electron chi connectivity index (χ4n) is 1.73. The summed E-state index contributed by atoms with van der Waals surface area (Å²) >= 11 is 0. The molecule has 0 spiro atoms. The zero-order chi connectivity index (χ0) is 12.5. The summed E-state index contributed by atoms with van der Waals surface area (Å²) in [5, 5.41) is 2.71. The van der Waals surface area contributed by atoms with Crippen LogP contribution in [0.4, 0.5) is 13.2 Å². The highest BCUT2D eigenvalue weighted by atomic mass is 19.4. The van der Waals surface area contributed by atoms with Crippen LogP contribution < -0.4 is 14.8 Å². The van der Waals surface area contributed by atoms with Gasteiger partial charge in [0.25, 0.3) is 0 Å². The van der Waals surface area contributed by atoms with Gasteiger partial charge in [0.1, 0.15) is 13.2 Å². The maximum Gasteiger partial charge on any atom is 0.416 e. The molecule has 17 heavy (non-hydrogen) atoms. The monoisotopic (exact) mass is 247 g/mol. The van der Waals surface area contributed by atoms with Crippen molar-refractivity contribution < 1.29 is 22.6 Å². The second kappa shape index (κ2) is 4.44. The first-order valence-corrected chi connectivity index (χ1v) is 5.16. The van der Waals surface area contributed by atoms with E-state index in [0.717, 1.165) is 6.07 Å². The summed E-state index contributed by atoms with van der Waals surface area (Å²) in [5.74, 6) is 0.526. The topological polar surface area (TPSA) is 30.5 Å². The third-order valence-corrected chi connectivity index (χ3v) is 2.44. The Kier molecular flexibility index (Phi) is 3.15. The average molecular weight is 247 g/mol. The van der Waals surface area contributed by atoms with Crippen molar-refractivity contribution in [2.45, 2.75) is 12.7 Å². The summed E-state index contributed by atoms with van der Waals surface area (Å²) in [4.78, 5) is 0. The quantitative estimate of drug-likeness (QED) is 0.869.